The Balaban J connectivity index is 1.41. The van der Waals surface area contributed by atoms with E-state index in [1.807, 2.05) is 12.4 Å². The first-order valence-electron chi connectivity index (χ1n) is 15.8. The molecule has 0 aliphatic heterocycles. The molecule has 10 rings (SSSR count). The van der Waals surface area contributed by atoms with Crippen LogP contribution in [0, 0.1) is 0 Å². The summed E-state index contributed by atoms with van der Waals surface area (Å²) in [6, 6.07) is 61.5. The second-order valence-corrected chi connectivity index (χ2v) is 16.0. The quantitative estimate of drug-likeness (QED) is 0.154. The lowest BCUT2D eigenvalue weighted by molar-refractivity contribution is 0.760. The van der Waals surface area contributed by atoms with Crippen molar-refractivity contribution in [3.05, 3.63) is 210 Å². The summed E-state index contributed by atoms with van der Waals surface area (Å²) < 4.78 is 0. The Morgan fingerprint density at radius 2 is 0.889 bits per heavy atom. The van der Waals surface area contributed by atoms with Crippen LogP contribution in [0.2, 0.25) is 0 Å². The number of pyridine rings is 1. The second kappa shape index (κ2) is 10.4. The molecule has 2 atom stereocenters. The van der Waals surface area contributed by atoms with Gasteiger partial charge in [0, 0.05) is 29.8 Å². The van der Waals surface area contributed by atoms with Crippen molar-refractivity contribution in [2.75, 3.05) is 0 Å². The Morgan fingerprint density at radius 1 is 0.400 bits per heavy atom. The molecule has 0 fully saturated rings. The van der Waals surface area contributed by atoms with Crippen molar-refractivity contribution < 1.29 is 0 Å². The summed E-state index contributed by atoms with van der Waals surface area (Å²) in [5.74, 6) is 0.300. The Labute approximate surface area is 265 Å². The molecular weight excluding hydrogens is 559 g/mol. The van der Waals surface area contributed by atoms with E-state index in [-0.39, 0.29) is 11.8 Å². The Hall–Kier alpha value is -5.31. The van der Waals surface area contributed by atoms with Gasteiger partial charge in [-0.1, -0.05) is 158 Å². The van der Waals surface area contributed by atoms with Crippen molar-refractivity contribution in [1.82, 2.24) is 4.98 Å². The highest BCUT2D eigenvalue weighted by Crippen LogP contribution is 2.57. The third-order valence-electron chi connectivity index (χ3n) is 10.1. The van der Waals surface area contributed by atoms with E-state index in [0.29, 0.717) is 0 Å². The zero-order valence-electron chi connectivity index (χ0n) is 24.8. The van der Waals surface area contributed by atoms with Crippen molar-refractivity contribution >= 4 is 28.8 Å². The molecule has 45 heavy (non-hydrogen) atoms. The fourth-order valence-electron chi connectivity index (χ4n) is 8.44. The van der Waals surface area contributed by atoms with Crippen LogP contribution in [0.1, 0.15) is 45.2 Å². The molecule has 2 bridgehead atoms. The molecule has 6 aromatic carbocycles. The third-order valence-corrected chi connectivity index (χ3v) is 14.9. The first-order chi connectivity index (χ1) is 22.4. The van der Waals surface area contributed by atoms with E-state index < -0.39 is 8.07 Å². The van der Waals surface area contributed by atoms with Crippen LogP contribution in [-0.4, -0.2) is 13.1 Å². The summed E-state index contributed by atoms with van der Waals surface area (Å²) in [4.78, 5) is 4.51. The minimum atomic E-state index is -2.75. The molecular formula is C43H31NSi. The molecule has 0 radical (unpaired) electrons. The number of aromatic nitrogens is 1. The molecule has 1 nitrogen and oxygen atoms in total. The van der Waals surface area contributed by atoms with E-state index in [4.69, 9.17) is 0 Å². The van der Waals surface area contributed by atoms with Gasteiger partial charge in [0.25, 0.3) is 0 Å². The van der Waals surface area contributed by atoms with Gasteiger partial charge in [0.2, 0.25) is 0 Å². The van der Waals surface area contributed by atoms with Gasteiger partial charge in [-0.2, -0.15) is 0 Å². The van der Waals surface area contributed by atoms with E-state index in [1.165, 1.54) is 65.3 Å². The maximum atomic E-state index is 4.51. The van der Waals surface area contributed by atoms with E-state index in [1.54, 1.807) is 0 Å². The van der Waals surface area contributed by atoms with E-state index in [9.17, 15) is 0 Å². The lowest BCUT2D eigenvalue weighted by Crippen LogP contribution is -2.75. The van der Waals surface area contributed by atoms with Crippen molar-refractivity contribution in [3.8, 4) is 11.1 Å². The molecule has 3 aliphatic rings. The van der Waals surface area contributed by atoms with Crippen molar-refractivity contribution in [3.63, 3.8) is 0 Å². The van der Waals surface area contributed by atoms with Crippen molar-refractivity contribution in [2.45, 2.75) is 11.8 Å². The van der Waals surface area contributed by atoms with Gasteiger partial charge in [-0.25, -0.2) is 0 Å². The number of rotatable bonds is 5. The lowest BCUT2D eigenvalue weighted by Gasteiger charge is -2.46. The van der Waals surface area contributed by atoms with Gasteiger partial charge in [-0.3, -0.25) is 4.98 Å². The van der Waals surface area contributed by atoms with Gasteiger partial charge in [0.05, 0.1) is 0 Å². The number of hydrogen-bond donors (Lipinski definition) is 0. The van der Waals surface area contributed by atoms with Crippen LogP contribution >= 0.6 is 0 Å². The summed E-state index contributed by atoms with van der Waals surface area (Å²) in [6.07, 6.45) is 3.88. The normalized spacial score (nSPS) is 16.0. The number of benzene rings is 6. The molecule has 0 amide bonds. The first-order valence-corrected chi connectivity index (χ1v) is 17.8. The third kappa shape index (κ3) is 3.76. The summed E-state index contributed by atoms with van der Waals surface area (Å²) in [5, 5.41) is 5.73. The van der Waals surface area contributed by atoms with Gasteiger partial charge in [-0.15, -0.1) is 0 Å². The van der Waals surface area contributed by atoms with Gasteiger partial charge < -0.3 is 0 Å². The van der Waals surface area contributed by atoms with Crippen LogP contribution < -0.4 is 20.7 Å². The fraction of sp³-hybridized carbons (Fsp3) is 0.0465. The Kier molecular flexibility index (Phi) is 6.04. The van der Waals surface area contributed by atoms with Gasteiger partial charge in [-0.05, 0) is 65.8 Å². The molecule has 7 aromatic rings. The van der Waals surface area contributed by atoms with Crippen LogP contribution in [0.15, 0.2) is 176 Å². The van der Waals surface area contributed by atoms with Crippen LogP contribution in [0.25, 0.3) is 11.1 Å². The molecule has 212 valence electrons. The van der Waals surface area contributed by atoms with E-state index in [2.05, 4.69) is 169 Å². The smallest absolute Gasteiger partial charge is 0.179 e. The minimum absolute atomic E-state index is 0.145. The highest BCUT2D eigenvalue weighted by Gasteiger charge is 2.49. The average molecular weight is 590 g/mol. The van der Waals surface area contributed by atoms with Gasteiger partial charge >= 0.3 is 0 Å². The summed E-state index contributed by atoms with van der Waals surface area (Å²) in [7, 11) is -2.75. The van der Waals surface area contributed by atoms with E-state index >= 15 is 0 Å². The van der Waals surface area contributed by atoms with Gasteiger partial charge in [0.1, 0.15) is 0 Å². The standard InChI is InChI=1S/C43H31NSi/c1-4-16-31(17-5-1)45(32-18-6-2-7-19-32,33-20-8-3-9-21-33)39-27-13-26-38-41-35-22-10-11-23-36(35)42(43(38)39)37-25-12-24-34(40(37)41)30-15-14-28-44-29-30/h1-29,41-42H. The highest BCUT2D eigenvalue weighted by molar-refractivity contribution is 7.20. The first kappa shape index (κ1) is 26.1. The zero-order valence-corrected chi connectivity index (χ0v) is 25.8. The van der Waals surface area contributed by atoms with Crippen molar-refractivity contribution in [2.24, 2.45) is 0 Å². The number of nitrogens with zero attached hydrogens (tertiary/aromatic N) is 1. The predicted molar refractivity (Wildman–Crippen MR) is 188 cm³/mol. The monoisotopic (exact) mass is 589 g/mol. The summed E-state index contributed by atoms with van der Waals surface area (Å²) >= 11 is 0. The summed E-state index contributed by atoms with van der Waals surface area (Å²) in [6.45, 7) is 0. The molecule has 1 aromatic heterocycles. The Morgan fingerprint density at radius 3 is 1.44 bits per heavy atom. The van der Waals surface area contributed by atoms with Crippen LogP contribution in [-0.2, 0) is 0 Å². The maximum absolute atomic E-state index is 4.51. The molecule has 1 heterocycles. The van der Waals surface area contributed by atoms with Crippen LogP contribution in [0.5, 0.6) is 0 Å². The zero-order chi connectivity index (χ0) is 29.8. The number of hydrogen-bond acceptors (Lipinski definition) is 1. The predicted octanol–water partition coefficient (Wildman–Crippen LogP) is 7.11. The lowest BCUT2D eigenvalue weighted by atomic mass is 9.60. The van der Waals surface area contributed by atoms with Crippen LogP contribution in [0.3, 0.4) is 0 Å². The minimum Gasteiger partial charge on any atom is -0.264 e. The topological polar surface area (TPSA) is 12.9 Å². The van der Waals surface area contributed by atoms with E-state index in [0.717, 1.165) is 0 Å². The van der Waals surface area contributed by atoms with Crippen LogP contribution in [0.4, 0.5) is 0 Å². The fourth-order valence-corrected chi connectivity index (χ4v) is 13.5. The average Bonchev–Trinajstić information content (AvgIpc) is 3.13. The largest absolute Gasteiger partial charge is 0.264 e. The molecule has 0 spiro atoms. The molecule has 2 heteroatoms. The second-order valence-electron chi connectivity index (χ2n) is 12.2. The molecule has 0 N–H and O–H groups in total. The van der Waals surface area contributed by atoms with Crippen molar-refractivity contribution in [1.29, 1.82) is 0 Å². The highest BCUT2D eigenvalue weighted by atomic mass is 28.3. The van der Waals surface area contributed by atoms with Gasteiger partial charge in [0.15, 0.2) is 8.07 Å². The Bertz CT molecular complexity index is 2060. The maximum Gasteiger partial charge on any atom is 0.179 e. The molecule has 3 aliphatic carbocycles. The SMILES string of the molecule is c1ccc([Si](c2ccccc2)(c2ccccc2)c2cccc3c2C2c4ccccc4C3c3c(-c4cccnc4)cccc32)cc1. The molecule has 2 unspecified atom stereocenters. The molecule has 0 saturated heterocycles. The molecule has 0 saturated carbocycles. The summed E-state index contributed by atoms with van der Waals surface area (Å²) in [5.41, 5.74) is 11.2.